The van der Waals surface area contributed by atoms with Gasteiger partial charge in [-0.05, 0) is 26.7 Å². The van der Waals surface area contributed by atoms with Gasteiger partial charge < -0.3 is 9.47 Å². The molecule has 0 spiro atoms. The lowest BCUT2D eigenvalue weighted by atomic mass is 9.85. The van der Waals surface area contributed by atoms with Crippen LogP contribution in [-0.2, 0) is 9.47 Å². The van der Waals surface area contributed by atoms with Crippen LogP contribution in [-0.4, -0.2) is 18.4 Å². The summed E-state index contributed by atoms with van der Waals surface area (Å²) in [6.45, 7) is 10.7. The molecule has 0 aliphatic carbocycles. The van der Waals surface area contributed by atoms with E-state index in [2.05, 4.69) is 17.9 Å². The number of hydrogen-bond donors (Lipinski definition) is 0. The molecule has 1 unspecified atom stereocenters. The Morgan fingerprint density at radius 3 is 2.35 bits per heavy atom. The van der Waals surface area contributed by atoms with Crippen LogP contribution in [0.3, 0.4) is 0 Å². The van der Waals surface area contributed by atoms with Crippen molar-refractivity contribution in [3.8, 4) is 6.07 Å². The summed E-state index contributed by atoms with van der Waals surface area (Å²) in [5.41, 5.74) is -1.23. The minimum Gasteiger partial charge on any atom is -0.435 e. The summed E-state index contributed by atoms with van der Waals surface area (Å²) >= 11 is 0. The molecule has 0 heterocycles. The second-order valence-electron chi connectivity index (χ2n) is 3.75. The molecule has 0 fully saturated rings. The molecule has 0 aliphatic rings. The smallest absolute Gasteiger partial charge is 0.435 e. The fraction of sp³-hybridized carbons (Fsp3) is 0.538. The van der Waals surface area contributed by atoms with Gasteiger partial charge in [0.15, 0.2) is 0 Å². The van der Waals surface area contributed by atoms with E-state index in [1.165, 1.54) is 0 Å². The molecule has 1 atom stereocenters. The normalized spacial score (nSPS) is 13.3. The molecule has 0 aromatic carbocycles. The minimum absolute atomic E-state index is 0.174. The Morgan fingerprint density at radius 1 is 1.47 bits per heavy atom. The number of allylic oxidation sites excluding steroid dienone is 2. The molecular weight excluding hydrogens is 218 g/mol. The lowest BCUT2D eigenvalue weighted by molar-refractivity contribution is -0.0233. The summed E-state index contributed by atoms with van der Waals surface area (Å²) in [5.74, 6) is -0.174. The van der Waals surface area contributed by atoms with Crippen molar-refractivity contribution >= 4 is 6.16 Å². The summed E-state index contributed by atoms with van der Waals surface area (Å²) in [5, 5.41) is 9.17. The van der Waals surface area contributed by atoms with E-state index in [1.807, 2.05) is 6.07 Å². The second-order valence-corrected chi connectivity index (χ2v) is 3.75. The Hall–Kier alpha value is -1.76. The van der Waals surface area contributed by atoms with Gasteiger partial charge in [0, 0.05) is 5.92 Å². The maximum Gasteiger partial charge on any atom is 0.509 e. The van der Waals surface area contributed by atoms with Crippen LogP contribution in [0.1, 0.15) is 26.7 Å². The van der Waals surface area contributed by atoms with Crippen molar-refractivity contribution < 1.29 is 14.3 Å². The zero-order valence-electron chi connectivity index (χ0n) is 10.4. The van der Waals surface area contributed by atoms with Crippen molar-refractivity contribution in [1.82, 2.24) is 0 Å². The highest BCUT2D eigenvalue weighted by Gasteiger charge is 2.37. The predicted molar refractivity (Wildman–Crippen MR) is 65.2 cm³/mol. The Kier molecular flexibility index (Phi) is 6.73. The molecule has 4 nitrogen and oxygen atoms in total. The van der Waals surface area contributed by atoms with E-state index in [1.54, 1.807) is 26.0 Å². The monoisotopic (exact) mass is 237 g/mol. The number of nitriles is 1. The average Bonchev–Trinajstić information content (AvgIpc) is 2.29. The molecule has 0 bridgehead atoms. The van der Waals surface area contributed by atoms with Crippen molar-refractivity contribution in [2.24, 2.45) is 5.92 Å². The number of hydrogen-bond acceptors (Lipinski definition) is 4. The van der Waals surface area contributed by atoms with Gasteiger partial charge in [-0.25, -0.2) is 4.79 Å². The topological polar surface area (TPSA) is 59.3 Å². The lowest BCUT2D eigenvalue weighted by Crippen LogP contribution is -2.38. The van der Waals surface area contributed by atoms with Crippen LogP contribution >= 0.6 is 0 Å². The zero-order valence-corrected chi connectivity index (χ0v) is 10.4. The van der Waals surface area contributed by atoms with E-state index in [0.717, 1.165) is 0 Å². The largest absolute Gasteiger partial charge is 0.509 e. The van der Waals surface area contributed by atoms with E-state index in [9.17, 15) is 10.1 Å². The lowest BCUT2D eigenvalue weighted by Gasteiger charge is -2.29. The van der Waals surface area contributed by atoms with Crippen molar-refractivity contribution in [1.29, 1.82) is 5.26 Å². The van der Waals surface area contributed by atoms with Gasteiger partial charge in [-0.3, -0.25) is 0 Å². The van der Waals surface area contributed by atoms with Gasteiger partial charge in [-0.2, -0.15) is 5.26 Å². The van der Waals surface area contributed by atoms with Gasteiger partial charge in [0.1, 0.15) is 6.07 Å². The van der Waals surface area contributed by atoms with Gasteiger partial charge in [0.2, 0.25) is 5.60 Å². The van der Waals surface area contributed by atoms with Crippen molar-refractivity contribution in [3.05, 3.63) is 25.3 Å². The predicted octanol–water partition coefficient (Wildman–Crippen LogP) is 3.21. The van der Waals surface area contributed by atoms with Gasteiger partial charge in [-0.15, -0.1) is 13.2 Å². The minimum atomic E-state index is -1.23. The van der Waals surface area contributed by atoms with Crippen LogP contribution in [0.4, 0.5) is 4.79 Å². The van der Waals surface area contributed by atoms with Crippen LogP contribution in [0.25, 0.3) is 0 Å². The maximum absolute atomic E-state index is 11.3. The fourth-order valence-electron chi connectivity index (χ4n) is 1.47. The summed E-state index contributed by atoms with van der Waals surface area (Å²) in [4.78, 5) is 11.3. The van der Waals surface area contributed by atoms with Crippen LogP contribution in [0.15, 0.2) is 25.3 Å². The van der Waals surface area contributed by atoms with Crippen molar-refractivity contribution in [2.45, 2.75) is 32.3 Å². The first kappa shape index (κ1) is 15.2. The second kappa shape index (κ2) is 7.50. The van der Waals surface area contributed by atoms with Gasteiger partial charge >= 0.3 is 6.16 Å². The number of rotatable bonds is 7. The summed E-state index contributed by atoms with van der Waals surface area (Å²) in [6, 6.07) is 2.02. The number of carbonyl (C=O) groups excluding carboxylic acids is 1. The Bertz CT molecular complexity index is 309. The summed E-state index contributed by atoms with van der Waals surface area (Å²) in [7, 11) is 0. The summed E-state index contributed by atoms with van der Waals surface area (Å²) in [6.07, 6.45) is 3.69. The third-order valence-corrected chi connectivity index (χ3v) is 2.46. The summed E-state index contributed by atoms with van der Waals surface area (Å²) < 4.78 is 9.76. The van der Waals surface area contributed by atoms with Crippen LogP contribution in [0.5, 0.6) is 0 Å². The molecule has 4 heteroatoms. The SMILES string of the molecule is C=CCC(CC=C)C(C)(C#N)OC(=O)OCC. The van der Waals surface area contributed by atoms with E-state index < -0.39 is 11.8 Å². The third-order valence-electron chi connectivity index (χ3n) is 2.46. The van der Waals surface area contributed by atoms with Crippen molar-refractivity contribution in [2.75, 3.05) is 6.61 Å². The van der Waals surface area contributed by atoms with Crippen LogP contribution in [0, 0.1) is 17.2 Å². The van der Waals surface area contributed by atoms with E-state index in [-0.39, 0.29) is 12.5 Å². The van der Waals surface area contributed by atoms with E-state index in [0.29, 0.717) is 12.8 Å². The molecule has 0 aromatic heterocycles. The first-order valence-corrected chi connectivity index (χ1v) is 5.52. The Balaban J connectivity index is 4.82. The van der Waals surface area contributed by atoms with E-state index in [4.69, 9.17) is 4.74 Å². The average molecular weight is 237 g/mol. The molecule has 94 valence electrons. The third kappa shape index (κ3) is 4.73. The molecule has 0 amide bonds. The Morgan fingerprint density at radius 2 is 2.00 bits per heavy atom. The highest BCUT2D eigenvalue weighted by Crippen LogP contribution is 2.28. The molecule has 0 saturated carbocycles. The molecule has 0 rings (SSSR count). The number of nitrogens with zero attached hydrogens (tertiary/aromatic N) is 1. The number of ether oxygens (including phenoxy) is 2. The molecule has 0 saturated heterocycles. The fourth-order valence-corrected chi connectivity index (χ4v) is 1.47. The molecular formula is C13H19NO3. The first-order chi connectivity index (χ1) is 8.03. The standard InChI is InChI=1S/C13H19NO3/c1-5-8-11(9-6-2)13(4,10-14)17-12(15)16-7-3/h5-6,11H,1-2,7-9H2,3-4H3. The molecule has 0 aromatic rings. The molecule has 0 N–H and O–H groups in total. The van der Waals surface area contributed by atoms with Crippen LogP contribution in [0.2, 0.25) is 0 Å². The quantitative estimate of drug-likeness (QED) is 0.504. The Labute approximate surface area is 103 Å². The van der Waals surface area contributed by atoms with Gasteiger partial charge in [-0.1, -0.05) is 12.2 Å². The van der Waals surface area contributed by atoms with Gasteiger partial charge in [0.05, 0.1) is 6.61 Å². The highest BCUT2D eigenvalue weighted by atomic mass is 16.7. The highest BCUT2D eigenvalue weighted by molar-refractivity contribution is 5.61. The van der Waals surface area contributed by atoms with E-state index >= 15 is 0 Å². The first-order valence-electron chi connectivity index (χ1n) is 5.52. The molecule has 0 aliphatic heterocycles. The van der Waals surface area contributed by atoms with Gasteiger partial charge in [0.25, 0.3) is 0 Å². The maximum atomic E-state index is 11.3. The van der Waals surface area contributed by atoms with Crippen molar-refractivity contribution in [3.63, 3.8) is 0 Å². The molecule has 0 radical (unpaired) electrons. The zero-order chi connectivity index (χ0) is 13.3. The number of carbonyl (C=O) groups is 1. The van der Waals surface area contributed by atoms with Crippen LogP contribution < -0.4 is 0 Å². The molecule has 17 heavy (non-hydrogen) atoms.